The molecule has 0 aliphatic carbocycles. The van der Waals surface area contributed by atoms with Crippen molar-refractivity contribution in [3.63, 3.8) is 0 Å². The summed E-state index contributed by atoms with van der Waals surface area (Å²) in [4.78, 5) is 1.25. The summed E-state index contributed by atoms with van der Waals surface area (Å²) in [5.74, 6) is 0.693. The van der Waals surface area contributed by atoms with Crippen molar-refractivity contribution in [3.05, 3.63) is 38.3 Å². The smallest absolute Gasteiger partial charge is 0.0931 e. The van der Waals surface area contributed by atoms with Crippen LogP contribution in [0.15, 0.2) is 12.1 Å². The van der Waals surface area contributed by atoms with E-state index in [4.69, 9.17) is 11.6 Å². The van der Waals surface area contributed by atoms with Crippen LogP contribution in [0.5, 0.6) is 0 Å². The van der Waals surface area contributed by atoms with E-state index in [2.05, 4.69) is 48.9 Å². The Morgan fingerprint density at radius 2 is 2.10 bits per heavy atom. The molecule has 2 aromatic heterocycles. The number of thiophene rings is 1. The zero-order valence-electron chi connectivity index (χ0n) is 13.2. The highest BCUT2D eigenvalue weighted by atomic mass is 35.5. The van der Waals surface area contributed by atoms with Crippen LogP contribution >= 0.6 is 22.9 Å². The minimum atomic E-state index is 0.693. The number of nitrogens with zero attached hydrogens (tertiary/aromatic N) is 2. The molecule has 2 heterocycles. The minimum Gasteiger partial charge on any atom is -0.316 e. The highest BCUT2D eigenvalue weighted by molar-refractivity contribution is 7.16. The molecule has 0 fully saturated rings. The van der Waals surface area contributed by atoms with Crippen LogP contribution in [0, 0.1) is 19.8 Å². The van der Waals surface area contributed by atoms with Gasteiger partial charge in [0.2, 0.25) is 0 Å². The third-order valence-corrected chi connectivity index (χ3v) is 4.79. The van der Waals surface area contributed by atoms with E-state index in [9.17, 15) is 0 Å². The van der Waals surface area contributed by atoms with E-state index in [0.717, 1.165) is 36.1 Å². The van der Waals surface area contributed by atoms with Crippen LogP contribution in [0.2, 0.25) is 4.34 Å². The molecule has 21 heavy (non-hydrogen) atoms. The van der Waals surface area contributed by atoms with E-state index in [0.29, 0.717) is 5.92 Å². The molecule has 0 saturated carbocycles. The van der Waals surface area contributed by atoms with Gasteiger partial charge in [-0.2, -0.15) is 5.10 Å². The van der Waals surface area contributed by atoms with Crippen molar-refractivity contribution in [1.29, 1.82) is 0 Å². The molecule has 0 aromatic carbocycles. The quantitative estimate of drug-likeness (QED) is 0.778. The summed E-state index contributed by atoms with van der Waals surface area (Å²) in [6.07, 6.45) is 1.04. The van der Waals surface area contributed by atoms with Crippen molar-refractivity contribution in [3.8, 4) is 0 Å². The molecule has 1 N–H and O–H groups in total. The fraction of sp³-hybridized carbons (Fsp3) is 0.562. The molecule has 0 amide bonds. The SMILES string of the molecule is Cc1nn(Cc2ccc(Cl)s2)c(C)c1CCNCC(C)C. The van der Waals surface area contributed by atoms with Crippen molar-refractivity contribution in [2.75, 3.05) is 13.1 Å². The van der Waals surface area contributed by atoms with Crippen LogP contribution in [0.1, 0.15) is 35.7 Å². The maximum absolute atomic E-state index is 5.99. The van der Waals surface area contributed by atoms with Gasteiger partial charge in [0.1, 0.15) is 0 Å². The fourth-order valence-corrected chi connectivity index (χ4v) is 3.51. The topological polar surface area (TPSA) is 29.9 Å². The van der Waals surface area contributed by atoms with Crippen molar-refractivity contribution in [2.45, 2.75) is 40.7 Å². The molecule has 3 nitrogen and oxygen atoms in total. The van der Waals surface area contributed by atoms with E-state index in [1.165, 1.54) is 16.1 Å². The second-order valence-corrected chi connectivity index (χ2v) is 7.66. The maximum Gasteiger partial charge on any atom is 0.0931 e. The van der Waals surface area contributed by atoms with Crippen molar-refractivity contribution in [1.82, 2.24) is 15.1 Å². The summed E-state index contributed by atoms with van der Waals surface area (Å²) in [7, 11) is 0. The standard InChI is InChI=1S/C16H24ClN3S/c1-11(2)9-18-8-7-15-12(3)19-20(13(15)4)10-14-5-6-16(17)21-14/h5-6,11,18H,7-10H2,1-4H3. The monoisotopic (exact) mass is 325 g/mol. The van der Waals surface area contributed by atoms with E-state index >= 15 is 0 Å². The maximum atomic E-state index is 5.99. The van der Waals surface area contributed by atoms with Gasteiger partial charge < -0.3 is 5.32 Å². The molecule has 2 aromatic rings. The van der Waals surface area contributed by atoms with Gasteiger partial charge in [0.25, 0.3) is 0 Å². The third-order valence-electron chi connectivity index (χ3n) is 3.57. The lowest BCUT2D eigenvalue weighted by molar-refractivity contribution is 0.553. The second-order valence-electron chi connectivity index (χ2n) is 5.86. The predicted octanol–water partition coefficient (Wildman–Crippen LogP) is 4.05. The molecule has 0 radical (unpaired) electrons. The summed E-state index contributed by atoms with van der Waals surface area (Å²) in [5.41, 5.74) is 3.78. The van der Waals surface area contributed by atoms with Crippen LogP contribution in [0.4, 0.5) is 0 Å². The number of rotatable bonds is 7. The van der Waals surface area contributed by atoms with Gasteiger partial charge in [-0.05, 0) is 57.0 Å². The molecule has 116 valence electrons. The number of aromatic nitrogens is 2. The first kappa shape index (κ1) is 16.5. The molecule has 0 spiro atoms. The molecule has 0 aliphatic rings. The summed E-state index contributed by atoms with van der Waals surface area (Å²) in [6.45, 7) is 11.6. The molecule has 0 atom stereocenters. The Kier molecular flexibility index (Phi) is 5.85. The molecule has 0 saturated heterocycles. The third kappa shape index (κ3) is 4.56. The number of hydrogen-bond donors (Lipinski definition) is 1. The van der Waals surface area contributed by atoms with Crippen LogP contribution in [0.3, 0.4) is 0 Å². The molecular weight excluding hydrogens is 302 g/mol. The second kappa shape index (κ2) is 7.43. The highest BCUT2D eigenvalue weighted by Crippen LogP contribution is 2.23. The van der Waals surface area contributed by atoms with Gasteiger partial charge in [-0.25, -0.2) is 0 Å². The van der Waals surface area contributed by atoms with Crippen LogP contribution < -0.4 is 5.32 Å². The lowest BCUT2D eigenvalue weighted by Gasteiger charge is -2.08. The first-order chi connectivity index (χ1) is 9.97. The summed E-state index contributed by atoms with van der Waals surface area (Å²) in [6, 6.07) is 4.03. The van der Waals surface area contributed by atoms with Gasteiger partial charge >= 0.3 is 0 Å². The van der Waals surface area contributed by atoms with E-state index in [1.807, 2.05) is 6.07 Å². The van der Waals surface area contributed by atoms with Gasteiger partial charge in [-0.1, -0.05) is 25.4 Å². The summed E-state index contributed by atoms with van der Waals surface area (Å²) < 4.78 is 2.93. The number of halogens is 1. The fourth-order valence-electron chi connectivity index (χ4n) is 2.44. The Morgan fingerprint density at radius 1 is 1.33 bits per heavy atom. The number of aryl methyl sites for hydroxylation is 1. The van der Waals surface area contributed by atoms with Crippen LogP contribution in [0.25, 0.3) is 0 Å². The van der Waals surface area contributed by atoms with E-state index in [-0.39, 0.29) is 0 Å². The lowest BCUT2D eigenvalue weighted by atomic mass is 10.1. The van der Waals surface area contributed by atoms with Crippen molar-refractivity contribution in [2.24, 2.45) is 5.92 Å². The summed E-state index contributed by atoms with van der Waals surface area (Å²) in [5, 5.41) is 8.18. The largest absolute Gasteiger partial charge is 0.316 e. The number of nitrogens with one attached hydrogen (secondary N) is 1. The average molecular weight is 326 g/mol. The Bertz CT molecular complexity index is 586. The number of hydrogen-bond acceptors (Lipinski definition) is 3. The van der Waals surface area contributed by atoms with Gasteiger partial charge in [0, 0.05) is 10.6 Å². The van der Waals surface area contributed by atoms with Gasteiger partial charge in [-0.15, -0.1) is 11.3 Å². The zero-order chi connectivity index (χ0) is 15.4. The molecule has 5 heteroatoms. The van der Waals surface area contributed by atoms with E-state index in [1.54, 1.807) is 11.3 Å². The van der Waals surface area contributed by atoms with Gasteiger partial charge in [0.05, 0.1) is 16.6 Å². The average Bonchev–Trinajstić information content (AvgIpc) is 2.92. The van der Waals surface area contributed by atoms with Gasteiger partial charge in [-0.3, -0.25) is 4.68 Å². The van der Waals surface area contributed by atoms with E-state index < -0.39 is 0 Å². The Balaban J connectivity index is 2.00. The van der Waals surface area contributed by atoms with Crippen LogP contribution in [-0.4, -0.2) is 22.9 Å². The zero-order valence-corrected chi connectivity index (χ0v) is 14.8. The van der Waals surface area contributed by atoms with Crippen molar-refractivity contribution >= 4 is 22.9 Å². The Hall–Kier alpha value is -0.840. The van der Waals surface area contributed by atoms with Crippen LogP contribution in [-0.2, 0) is 13.0 Å². The van der Waals surface area contributed by atoms with Crippen molar-refractivity contribution < 1.29 is 0 Å². The highest BCUT2D eigenvalue weighted by Gasteiger charge is 2.12. The van der Waals surface area contributed by atoms with Gasteiger partial charge in [0.15, 0.2) is 0 Å². The minimum absolute atomic E-state index is 0.693. The molecule has 2 rings (SSSR count). The lowest BCUT2D eigenvalue weighted by Crippen LogP contribution is -2.22. The first-order valence-electron chi connectivity index (χ1n) is 7.45. The Labute approximate surface area is 136 Å². The summed E-state index contributed by atoms with van der Waals surface area (Å²) >= 11 is 7.62. The predicted molar refractivity (Wildman–Crippen MR) is 91.5 cm³/mol. The molecule has 0 unspecified atom stereocenters. The molecule has 0 bridgehead atoms. The first-order valence-corrected chi connectivity index (χ1v) is 8.64. The Morgan fingerprint density at radius 3 is 2.71 bits per heavy atom. The normalized spacial score (nSPS) is 11.5. The molecule has 0 aliphatic heterocycles. The molecular formula is C16H24ClN3S.